The first-order valence-electron chi connectivity index (χ1n) is 6.74. The zero-order chi connectivity index (χ0) is 13.9. The van der Waals surface area contributed by atoms with Crippen LogP contribution >= 0.6 is 0 Å². The number of rotatable bonds is 1. The molecule has 0 aliphatic heterocycles. The molecule has 5 rings (SSSR count). The molecule has 0 fully saturated rings. The van der Waals surface area contributed by atoms with Crippen molar-refractivity contribution in [2.75, 3.05) is 7.11 Å². The number of ether oxygens (including phenoxy) is 1. The molecular formula is C16H15NO3. The topological polar surface area (TPSA) is 62.6 Å². The molecule has 1 aromatic heterocycles. The van der Waals surface area contributed by atoms with E-state index in [0.29, 0.717) is 10.8 Å². The Morgan fingerprint density at radius 1 is 1.30 bits per heavy atom. The van der Waals surface area contributed by atoms with Gasteiger partial charge >= 0.3 is 0 Å². The highest BCUT2D eigenvalue weighted by Gasteiger charge is 2.45. The van der Waals surface area contributed by atoms with Gasteiger partial charge in [-0.25, -0.2) is 0 Å². The highest BCUT2D eigenvalue weighted by atomic mass is 16.5. The number of methoxy groups -OCH3 is 1. The molecule has 2 N–H and O–H groups in total. The Morgan fingerprint density at radius 2 is 2.15 bits per heavy atom. The Balaban J connectivity index is 2.18. The zero-order valence-corrected chi connectivity index (χ0v) is 11.1. The molecule has 2 atom stereocenters. The molecule has 1 aromatic carbocycles. The van der Waals surface area contributed by atoms with E-state index >= 15 is 0 Å². The summed E-state index contributed by atoms with van der Waals surface area (Å²) >= 11 is 0. The fourth-order valence-corrected chi connectivity index (χ4v) is 3.65. The van der Waals surface area contributed by atoms with Gasteiger partial charge in [-0.1, -0.05) is 12.2 Å². The molecule has 2 aromatic rings. The lowest BCUT2D eigenvalue weighted by Gasteiger charge is -2.43. The van der Waals surface area contributed by atoms with Crippen LogP contribution in [0.4, 0.5) is 0 Å². The predicted octanol–water partition coefficient (Wildman–Crippen LogP) is 2.93. The number of benzene rings is 1. The summed E-state index contributed by atoms with van der Waals surface area (Å²) < 4.78 is 5.70. The van der Waals surface area contributed by atoms with Gasteiger partial charge in [0.25, 0.3) is 0 Å². The molecule has 3 aliphatic rings. The van der Waals surface area contributed by atoms with Gasteiger partial charge in [-0.3, -0.25) is 4.98 Å². The summed E-state index contributed by atoms with van der Waals surface area (Å²) in [4.78, 5) is 4.04. The zero-order valence-electron chi connectivity index (χ0n) is 11.1. The lowest BCUT2D eigenvalue weighted by Crippen LogP contribution is -2.35. The Hall–Kier alpha value is -2.07. The Morgan fingerprint density at radius 3 is 2.85 bits per heavy atom. The molecule has 4 nitrogen and oxygen atoms in total. The number of nitrogens with zero attached hydrogens (tertiary/aromatic N) is 1. The first kappa shape index (κ1) is 11.7. The van der Waals surface area contributed by atoms with Crippen LogP contribution in [0.3, 0.4) is 0 Å². The molecule has 0 unspecified atom stereocenters. The van der Waals surface area contributed by atoms with Crippen LogP contribution in [0, 0.1) is 0 Å². The molecule has 0 spiro atoms. The molecule has 2 bridgehead atoms. The molecule has 0 saturated heterocycles. The number of phenols is 2. The first-order chi connectivity index (χ1) is 9.68. The second kappa shape index (κ2) is 3.73. The minimum absolute atomic E-state index is 0.137. The van der Waals surface area contributed by atoms with E-state index in [1.165, 1.54) is 0 Å². The van der Waals surface area contributed by atoms with Crippen LogP contribution in [-0.2, 0) is 10.3 Å². The van der Waals surface area contributed by atoms with Crippen molar-refractivity contribution in [1.82, 2.24) is 4.98 Å². The Bertz CT molecular complexity index is 753. The fourth-order valence-electron chi connectivity index (χ4n) is 3.65. The van der Waals surface area contributed by atoms with E-state index in [1.807, 2.05) is 6.08 Å². The molecule has 0 amide bonds. The van der Waals surface area contributed by atoms with Gasteiger partial charge < -0.3 is 14.9 Å². The maximum Gasteiger partial charge on any atom is 0.130 e. The molecule has 102 valence electrons. The van der Waals surface area contributed by atoms with Crippen molar-refractivity contribution < 1.29 is 14.9 Å². The lowest BCUT2D eigenvalue weighted by molar-refractivity contribution is 0.00452. The number of aromatic nitrogens is 1. The van der Waals surface area contributed by atoms with Gasteiger partial charge in [0.1, 0.15) is 17.1 Å². The van der Waals surface area contributed by atoms with Crippen LogP contribution in [0.2, 0.25) is 0 Å². The lowest BCUT2D eigenvalue weighted by atomic mass is 9.67. The molecular weight excluding hydrogens is 254 g/mol. The van der Waals surface area contributed by atoms with Crippen LogP contribution in [0.1, 0.15) is 29.9 Å². The molecule has 0 saturated carbocycles. The summed E-state index contributed by atoms with van der Waals surface area (Å²) in [6.45, 7) is 0. The van der Waals surface area contributed by atoms with Gasteiger partial charge in [0.15, 0.2) is 0 Å². The minimum atomic E-state index is -0.622. The van der Waals surface area contributed by atoms with Crippen molar-refractivity contribution in [2.45, 2.75) is 24.4 Å². The van der Waals surface area contributed by atoms with Crippen LogP contribution < -0.4 is 0 Å². The van der Waals surface area contributed by atoms with Gasteiger partial charge in [-0.15, -0.1) is 0 Å². The van der Waals surface area contributed by atoms with Crippen LogP contribution in [-0.4, -0.2) is 22.3 Å². The predicted molar refractivity (Wildman–Crippen MR) is 74.9 cm³/mol. The van der Waals surface area contributed by atoms with Gasteiger partial charge in [-0.05, 0) is 18.9 Å². The summed E-state index contributed by atoms with van der Waals surface area (Å²) in [6.07, 6.45) is 9.02. The number of hydrogen-bond donors (Lipinski definition) is 2. The van der Waals surface area contributed by atoms with Crippen molar-refractivity contribution in [3.63, 3.8) is 0 Å². The average molecular weight is 269 g/mol. The third kappa shape index (κ3) is 1.22. The largest absolute Gasteiger partial charge is 0.507 e. The SMILES string of the molecule is CO[C@@]12C=C[C@@H](CC1)c1c2c(O)c2ccncc2c1O. The number of pyridine rings is 1. The average Bonchev–Trinajstić information content (AvgIpc) is 2.53. The summed E-state index contributed by atoms with van der Waals surface area (Å²) in [6, 6.07) is 1.72. The summed E-state index contributed by atoms with van der Waals surface area (Å²) in [5, 5.41) is 22.5. The van der Waals surface area contributed by atoms with Gasteiger partial charge in [0, 0.05) is 47.3 Å². The van der Waals surface area contributed by atoms with E-state index in [2.05, 4.69) is 11.1 Å². The van der Waals surface area contributed by atoms with Crippen LogP contribution in [0.5, 0.6) is 11.5 Å². The highest BCUT2D eigenvalue weighted by molar-refractivity contribution is 5.96. The number of aromatic hydroxyl groups is 2. The van der Waals surface area contributed by atoms with Crippen molar-refractivity contribution in [2.24, 2.45) is 0 Å². The second-order valence-electron chi connectivity index (χ2n) is 5.51. The normalized spacial score (nSPS) is 26.9. The second-order valence-corrected chi connectivity index (χ2v) is 5.51. The maximum absolute atomic E-state index is 10.7. The Kier molecular flexibility index (Phi) is 2.19. The molecule has 20 heavy (non-hydrogen) atoms. The molecule has 4 heteroatoms. The molecule has 1 heterocycles. The summed E-state index contributed by atoms with van der Waals surface area (Å²) in [5.74, 6) is 0.556. The van der Waals surface area contributed by atoms with Gasteiger partial charge in [0.2, 0.25) is 0 Å². The molecule has 0 radical (unpaired) electrons. The monoisotopic (exact) mass is 269 g/mol. The van der Waals surface area contributed by atoms with E-state index < -0.39 is 5.60 Å². The molecule has 3 aliphatic carbocycles. The van der Waals surface area contributed by atoms with Crippen molar-refractivity contribution in [1.29, 1.82) is 0 Å². The van der Waals surface area contributed by atoms with Gasteiger partial charge in [-0.2, -0.15) is 0 Å². The highest BCUT2D eigenvalue weighted by Crippen LogP contribution is 2.57. The smallest absolute Gasteiger partial charge is 0.130 e. The standard InChI is InChI=1S/C16H15NO3/c1-20-16-5-2-9(3-6-16)12-13(16)15(19)10-4-7-17-8-11(10)14(12)18/h2,4-5,7-9,18-19H,3,6H2,1H3/t9-,16-/m0/s1. The minimum Gasteiger partial charge on any atom is -0.507 e. The van der Waals surface area contributed by atoms with E-state index in [1.54, 1.807) is 25.6 Å². The number of allylic oxidation sites excluding steroid dienone is 1. The summed E-state index contributed by atoms with van der Waals surface area (Å²) in [7, 11) is 1.65. The van der Waals surface area contributed by atoms with Crippen molar-refractivity contribution >= 4 is 10.8 Å². The van der Waals surface area contributed by atoms with E-state index in [0.717, 1.165) is 24.0 Å². The fraction of sp³-hybridized carbons (Fsp3) is 0.312. The third-order valence-corrected chi connectivity index (χ3v) is 4.68. The quantitative estimate of drug-likeness (QED) is 0.617. The first-order valence-corrected chi connectivity index (χ1v) is 6.74. The number of phenolic OH excluding ortho intramolecular Hbond substituents is 2. The number of fused-ring (bicyclic) bond motifs is 2. The number of hydrogen-bond acceptors (Lipinski definition) is 4. The van der Waals surface area contributed by atoms with E-state index in [-0.39, 0.29) is 17.4 Å². The summed E-state index contributed by atoms with van der Waals surface area (Å²) in [5.41, 5.74) is 0.886. The van der Waals surface area contributed by atoms with Crippen molar-refractivity contribution in [3.8, 4) is 11.5 Å². The van der Waals surface area contributed by atoms with Crippen LogP contribution in [0.25, 0.3) is 10.8 Å². The van der Waals surface area contributed by atoms with Crippen molar-refractivity contribution in [3.05, 3.63) is 41.7 Å². The van der Waals surface area contributed by atoms with Crippen LogP contribution in [0.15, 0.2) is 30.6 Å². The van der Waals surface area contributed by atoms with E-state index in [4.69, 9.17) is 4.74 Å². The maximum atomic E-state index is 10.7. The third-order valence-electron chi connectivity index (χ3n) is 4.68. The Labute approximate surface area is 116 Å². The van der Waals surface area contributed by atoms with E-state index in [9.17, 15) is 10.2 Å². The van der Waals surface area contributed by atoms with Gasteiger partial charge in [0.05, 0.1) is 0 Å².